The van der Waals surface area contributed by atoms with E-state index in [2.05, 4.69) is 56.5 Å². The van der Waals surface area contributed by atoms with Gasteiger partial charge in [-0.3, -0.25) is 0 Å². The van der Waals surface area contributed by atoms with Crippen molar-refractivity contribution in [1.82, 2.24) is 4.90 Å². The fourth-order valence-electron chi connectivity index (χ4n) is 1.61. The van der Waals surface area contributed by atoms with Gasteiger partial charge in [-0.25, -0.2) is 0 Å². The van der Waals surface area contributed by atoms with Crippen molar-refractivity contribution < 1.29 is 0 Å². The second kappa shape index (κ2) is 4.85. The molecular formula is C13H19N. The van der Waals surface area contributed by atoms with E-state index in [1.54, 1.807) is 0 Å². The van der Waals surface area contributed by atoms with E-state index in [0.717, 1.165) is 18.8 Å². The maximum Gasteiger partial charge on any atom is 0.0366 e. The van der Waals surface area contributed by atoms with Gasteiger partial charge < -0.3 is 4.90 Å². The van der Waals surface area contributed by atoms with Crippen LogP contribution in [0.5, 0.6) is 0 Å². The van der Waals surface area contributed by atoms with Crippen LogP contribution in [0, 0.1) is 6.92 Å². The maximum atomic E-state index is 4.13. The lowest BCUT2D eigenvalue weighted by molar-refractivity contribution is 0.443. The highest BCUT2D eigenvalue weighted by Gasteiger charge is 2.04. The highest BCUT2D eigenvalue weighted by molar-refractivity contribution is 5.62. The Kier molecular flexibility index (Phi) is 3.75. The van der Waals surface area contributed by atoms with Crippen molar-refractivity contribution in [3.63, 3.8) is 0 Å². The average molecular weight is 189 g/mol. The Hall–Kier alpha value is -1.24. The molecule has 0 atom stereocenters. The molecule has 1 nitrogen and oxygen atoms in total. The minimum atomic E-state index is 1.02. The first kappa shape index (κ1) is 10.8. The quantitative estimate of drug-likeness (QED) is 0.702. The van der Waals surface area contributed by atoms with Crippen molar-refractivity contribution in [2.75, 3.05) is 13.1 Å². The largest absolute Gasteiger partial charge is 0.372 e. The van der Waals surface area contributed by atoms with Gasteiger partial charge in [-0.1, -0.05) is 30.3 Å². The van der Waals surface area contributed by atoms with Crippen molar-refractivity contribution in [3.8, 4) is 0 Å². The van der Waals surface area contributed by atoms with Gasteiger partial charge in [0.1, 0.15) is 0 Å². The molecule has 1 aromatic carbocycles. The number of rotatable bonds is 4. The summed E-state index contributed by atoms with van der Waals surface area (Å²) in [7, 11) is 0. The zero-order valence-corrected chi connectivity index (χ0v) is 9.38. The van der Waals surface area contributed by atoms with Gasteiger partial charge in [0.15, 0.2) is 0 Å². The SMILES string of the molecule is C=C(c1cccc(C)c1)N(CC)CC. The molecule has 1 heteroatoms. The molecule has 0 spiro atoms. The van der Waals surface area contributed by atoms with Gasteiger partial charge in [-0.15, -0.1) is 0 Å². The Labute approximate surface area is 87.1 Å². The van der Waals surface area contributed by atoms with Crippen LogP contribution in [0.3, 0.4) is 0 Å². The topological polar surface area (TPSA) is 3.24 Å². The highest BCUT2D eigenvalue weighted by atomic mass is 15.1. The van der Waals surface area contributed by atoms with Crippen molar-refractivity contribution in [1.29, 1.82) is 0 Å². The maximum absolute atomic E-state index is 4.13. The first-order valence-corrected chi connectivity index (χ1v) is 5.20. The van der Waals surface area contributed by atoms with Crippen LogP contribution in [-0.2, 0) is 0 Å². The van der Waals surface area contributed by atoms with Gasteiger partial charge in [0.2, 0.25) is 0 Å². The van der Waals surface area contributed by atoms with E-state index in [4.69, 9.17) is 0 Å². The molecule has 1 rings (SSSR count). The van der Waals surface area contributed by atoms with Crippen LogP contribution < -0.4 is 0 Å². The van der Waals surface area contributed by atoms with E-state index in [9.17, 15) is 0 Å². The van der Waals surface area contributed by atoms with Gasteiger partial charge in [0, 0.05) is 18.8 Å². The molecular weight excluding hydrogens is 170 g/mol. The molecule has 0 fully saturated rings. The average Bonchev–Trinajstić information content (AvgIpc) is 2.19. The van der Waals surface area contributed by atoms with Gasteiger partial charge in [0.25, 0.3) is 0 Å². The van der Waals surface area contributed by atoms with E-state index in [1.807, 2.05) is 0 Å². The molecule has 0 aliphatic carbocycles. The second-order valence-corrected chi connectivity index (χ2v) is 3.49. The van der Waals surface area contributed by atoms with Crippen LogP contribution in [0.25, 0.3) is 5.70 Å². The van der Waals surface area contributed by atoms with E-state index < -0.39 is 0 Å². The second-order valence-electron chi connectivity index (χ2n) is 3.49. The predicted molar refractivity (Wildman–Crippen MR) is 63.1 cm³/mol. The molecule has 0 bridgehead atoms. The number of aryl methyl sites for hydroxylation is 1. The molecule has 0 aromatic heterocycles. The third-order valence-electron chi connectivity index (χ3n) is 2.50. The Morgan fingerprint density at radius 3 is 2.43 bits per heavy atom. The molecule has 0 unspecified atom stereocenters. The van der Waals surface area contributed by atoms with Crippen molar-refractivity contribution >= 4 is 5.70 Å². The molecule has 1 aromatic rings. The Balaban J connectivity index is 2.88. The summed E-state index contributed by atoms with van der Waals surface area (Å²) in [4.78, 5) is 2.27. The third-order valence-corrected chi connectivity index (χ3v) is 2.50. The van der Waals surface area contributed by atoms with Crippen LogP contribution in [-0.4, -0.2) is 18.0 Å². The van der Waals surface area contributed by atoms with E-state index >= 15 is 0 Å². The monoisotopic (exact) mass is 189 g/mol. The summed E-state index contributed by atoms with van der Waals surface area (Å²) < 4.78 is 0. The highest BCUT2D eigenvalue weighted by Crippen LogP contribution is 2.17. The third kappa shape index (κ3) is 2.38. The van der Waals surface area contributed by atoms with Gasteiger partial charge >= 0.3 is 0 Å². The van der Waals surface area contributed by atoms with Gasteiger partial charge in [-0.2, -0.15) is 0 Å². The number of nitrogens with zero attached hydrogens (tertiary/aromatic N) is 1. The van der Waals surface area contributed by atoms with Crippen LogP contribution >= 0.6 is 0 Å². The minimum absolute atomic E-state index is 1.02. The Morgan fingerprint density at radius 2 is 1.93 bits per heavy atom. The molecule has 0 saturated heterocycles. The molecule has 0 saturated carbocycles. The van der Waals surface area contributed by atoms with Crippen LogP contribution in [0.15, 0.2) is 30.8 Å². The zero-order valence-electron chi connectivity index (χ0n) is 9.38. The van der Waals surface area contributed by atoms with Crippen LogP contribution in [0.2, 0.25) is 0 Å². The molecule has 0 heterocycles. The summed E-state index contributed by atoms with van der Waals surface area (Å²) in [5, 5.41) is 0. The summed E-state index contributed by atoms with van der Waals surface area (Å²) in [5.41, 5.74) is 3.64. The molecule has 0 aliphatic rings. The first-order chi connectivity index (χ1) is 6.69. The van der Waals surface area contributed by atoms with Gasteiger partial charge in [-0.05, 0) is 32.4 Å². The molecule has 0 N–H and O–H groups in total. The van der Waals surface area contributed by atoms with E-state index in [-0.39, 0.29) is 0 Å². The smallest absolute Gasteiger partial charge is 0.0366 e. The lowest BCUT2D eigenvalue weighted by Gasteiger charge is -2.23. The van der Waals surface area contributed by atoms with Crippen molar-refractivity contribution in [2.24, 2.45) is 0 Å². The van der Waals surface area contributed by atoms with Crippen LogP contribution in [0.4, 0.5) is 0 Å². The fourth-order valence-corrected chi connectivity index (χ4v) is 1.61. The lowest BCUT2D eigenvalue weighted by Crippen LogP contribution is -2.20. The van der Waals surface area contributed by atoms with Crippen LogP contribution in [0.1, 0.15) is 25.0 Å². The molecule has 76 valence electrons. The summed E-state index contributed by atoms with van der Waals surface area (Å²) in [6.07, 6.45) is 0. The number of hydrogen-bond donors (Lipinski definition) is 0. The molecule has 0 aliphatic heterocycles. The van der Waals surface area contributed by atoms with Gasteiger partial charge in [0.05, 0.1) is 0 Å². The fraction of sp³-hybridized carbons (Fsp3) is 0.385. The minimum Gasteiger partial charge on any atom is -0.372 e. The normalized spacial score (nSPS) is 9.93. The lowest BCUT2D eigenvalue weighted by atomic mass is 10.1. The molecule has 14 heavy (non-hydrogen) atoms. The standard InChI is InChI=1S/C13H19N/c1-5-14(6-2)12(4)13-9-7-8-11(3)10-13/h7-10H,4-6H2,1-3H3. The summed E-state index contributed by atoms with van der Waals surface area (Å²) in [6, 6.07) is 8.49. The number of hydrogen-bond acceptors (Lipinski definition) is 1. The summed E-state index contributed by atoms with van der Waals surface area (Å²) in [5.74, 6) is 0. The molecule has 0 radical (unpaired) electrons. The Morgan fingerprint density at radius 1 is 1.29 bits per heavy atom. The molecule has 0 amide bonds. The zero-order chi connectivity index (χ0) is 10.6. The van der Waals surface area contributed by atoms with Crippen molar-refractivity contribution in [2.45, 2.75) is 20.8 Å². The van der Waals surface area contributed by atoms with E-state index in [1.165, 1.54) is 11.1 Å². The number of benzene rings is 1. The summed E-state index contributed by atoms with van der Waals surface area (Å²) >= 11 is 0. The summed E-state index contributed by atoms with van der Waals surface area (Å²) in [6.45, 7) is 12.6. The Bertz CT molecular complexity index is 311. The van der Waals surface area contributed by atoms with Crippen molar-refractivity contribution in [3.05, 3.63) is 42.0 Å². The predicted octanol–water partition coefficient (Wildman–Crippen LogP) is 3.31. The first-order valence-electron chi connectivity index (χ1n) is 5.20. The van der Waals surface area contributed by atoms with E-state index in [0.29, 0.717) is 0 Å².